The van der Waals surface area contributed by atoms with Crippen LogP contribution in [0.3, 0.4) is 0 Å². The van der Waals surface area contributed by atoms with Crippen molar-refractivity contribution < 1.29 is 36.6 Å². The predicted octanol–water partition coefficient (Wildman–Crippen LogP) is 2.13. The number of carboxylic acid groups (broad SMARTS) is 1. The minimum atomic E-state index is -5.16. The Morgan fingerprint density at radius 3 is 2.47 bits per heavy atom. The van der Waals surface area contributed by atoms with E-state index in [-0.39, 0.29) is 0 Å². The molecule has 1 aromatic heterocycles. The molecule has 0 saturated heterocycles. The Morgan fingerprint density at radius 2 is 2.05 bits per heavy atom. The van der Waals surface area contributed by atoms with Crippen molar-refractivity contribution in [2.45, 2.75) is 19.2 Å². The number of nitrogens with two attached hydrogens (primary N) is 1. The summed E-state index contributed by atoms with van der Waals surface area (Å²) in [4.78, 5) is 13.7. The second-order valence-electron chi connectivity index (χ2n) is 3.33. The van der Waals surface area contributed by atoms with Gasteiger partial charge in [0.05, 0.1) is 17.7 Å². The lowest BCUT2D eigenvalue weighted by Gasteiger charge is -2.14. The average Bonchev–Trinajstić information content (AvgIpc) is 2.18. The number of anilines is 1. The van der Waals surface area contributed by atoms with Crippen LogP contribution in [0, 0.1) is 0 Å². The van der Waals surface area contributed by atoms with Gasteiger partial charge in [0, 0.05) is 0 Å². The minimum Gasteiger partial charge on any atom is -0.481 e. The maximum atomic E-state index is 12.5. The van der Waals surface area contributed by atoms with E-state index in [1.54, 1.807) is 0 Å². The summed E-state index contributed by atoms with van der Waals surface area (Å²) >= 11 is 0. The van der Waals surface area contributed by atoms with E-state index in [1.165, 1.54) is 0 Å². The number of alkyl halides is 5. The molecule has 0 aliphatic carbocycles. The normalized spacial score (nSPS) is 11.7. The first kappa shape index (κ1) is 14.9. The first-order valence-corrected chi connectivity index (χ1v) is 4.65. The second kappa shape index (κ2) is 5.24. The van der Waals surface area contributed by atoms with Crippen LogP contribution >= 0.6 is 0 Å². The molecule has 3 N–H and O–H groups in total. The Hall–Kier alpha value is -2.13. The van der Waals surface area contributed by atoms with Gasteiger partial charge in [-0.05, 0) is 6.07 Å². The number of hydrogen-bond donors (Lipinski definition) is 2. The molecule has 0 aliphatic rings. The number of aromatic nitrogens is 1. The largest absolute Gasteiger partial charge is 0.573 e. The molecule has 0 amide bonds. The van der Waals surface area contributed by atoms with E-state index in [2.05, 4.69) is 9.72 Å². The number of aliphatic carboxylic acids is 1. The fourth-order valence-electron chi connectivity index (χ4n) is 1.22. The van der Waals surface area contributed by atoms with E-state index in [0.29, 0.717) is 6.07 Å². The smallest absolute Gasteiger partial charge is 0.481 e. The van der Waals surface area contributed by atoms with Crippen molar-refractivity contribution >= 4 is 11.8 Å². The molecule has 0 atom stereocenters. The highest BCUT2D eigenvalue weighted by molar-refractivity contribution is 5.71. The molecule has 0 aliphatic heterocycles. The topological polar surface area (TPSA) is 85.4 Å². The summed E-state index contributed by atoms with van der Waals surface area (Å²) in [5.41, 5.74) is 3.46. The number of pyridine rings is 1. The van der Waals surface area contributed by atoms with Gasteiger partial charge in [0.25, 0.3) is 6.43 Å². The minimum absolute atomic E-state index is 0.332. The summed E-state index contributed by atoms with van der Waals surface area (Å²) in [6.07, 6.45) is -9.27. The Morgan fingerprint density at radius 1 is 1.47 bits per heavy atom. The molecule has 0 unspecified atom stereocenters. The van der Waals surface area contributed by atoms with Crippen LogP contribution in [0.5, 0.6) is 5.75 Å². The van der Waals surface area contributed by atoms with Gasteiger partial charge in [-0.1, -0.05) is 0 Å². The molecule has 106 valence electrons. The van der Waals surface area contributed by atoms with E-state index >= 15 is 0 Å². The first-order chi connectivity index (χ1) is 8.60. The summed E-state index contributed by atoms with van der Waals surface area (Å²) in [5, 5.41) is 8.49. The highest BCUT2D eigenvalue weighted by atomic mass is 19.4. The third-order valence-corrected chi connectivity index (χ3v) is 1.90. The number of ether oxygens (including phenoxy) is 1. The summed E-state index contributed by atoms with van der Waals surface area (Å²) in [7, 11) is 0. The highest BCUT2D eigenvalue weighted by Crippen LogP contribution is 2.32. The third kappa shape index (κ3) is 4.23. The van der Waals surface area contributed by atoms with Gasteiger partial charge in [0.2, 0.25) is 0 Å². The number of carbonyl (C=O) groups is 1. The molecule has 0 radical (unpaired) electrons. The molecular formula is C9H7F5N2O3. The second-order valence-corrected chi connectivity index (χ2v) is 3.33. The van der Waals surface area contributed by atoms with E-state index in [4.69, 9.17) is 10.8 Å². The Bertz CT molecular complexity index is 489. The SMILES string of the molecule is Nc1nc(CC(=O)O)c(OC(F)(F)F)cc1C(F)F. The van der Waals surface area contributed by atoms with Crippen molar-refractivity contribution in [1.29, 1.82) is 0 Å². The van der Waals surface area contributed by atoms with Gasteiger partial charge < -0.3 is 15.6 Å². The standard InChI is InChI=1S/C9H7F5N2O3/c10-7(11)3-1-5(19-9(12,13)14)4(2-6(17)18)16-8(3)15/h1,7H,2H2,(H2,15,16)(H,17,18). The molecule has 0 spiro atoms. The molecule has 5 nitrogen and oxygen atoms in total. The van der Waals surface area contributed by atoms with Crippen LogP contribution in [0.25, 0.3) is 0 Å². The monoisotopic (exact) mass is 286 g/mol. The maximum absolute atomic E-state index is 12.5. The molecule has 0 saturated carbocycles. The zero-order chi connectivity index (χ0) is 14.8. The number of halogens is 5. The van der Waals surface area contributed by atoms with Crippen LogP contribution in [-0.4, -0.2) is 22.4 Å². The van der Waals surface area contributed by atoms with Crippen LogP contribution in [0.2, 0.25) is 0 Å². The summed E-state index contributed by atoms with van der Waals surface area (Å²) in [6, 6.07) is 0.332. The van der Waals surface area contributed by atoms with Crippen LogP contribution in [0.15, 0.2) is 6.07 Å². The molecular weight excluding hydrogens is 279 g/mol. The highest BCUT2D eigenvalue weighted by Gasteiger charge is 2.33. The number of carboxylic acids is 1. The number of nitrogen functional groups attached to an aromatic ring is 1. The zero-order valence-electron chi connectivity index (χ0n) is 9.04. The van der Waals surface area contributed by atoms with Crippen molar-refractivity contribution in [2.75, 3.05) is 5.73 Å². The number of nitrogens with zero attached hydrogens (tertiary/aromatic N) is 1. The lowest BCUT2D eigenvalue weighted by molar-refractivity contribution is -0.275. The van der Waals surface area contributed by atoms with Crippen molar-refractivity contribution in [2.24, 2.45) is 0 Å². The molecule has 0 aromatic carbocycles. The molecule has 0 fully saturated rings. The molecule has 1 aromatic rings. The van der Waals surface area contributed by atoms with Crippen LogP contribution < -0.4 is 10.5 Å². The van der Waals surface area contributed by atoms with E-state index in [9.17, 15) is 26.7 Å². The van der Waals surface area contributed by atoms with Crippen molar-refractivity contribution in [3.63, 3.8) is 0 Å². The van der Waals surface area contributed by atoms with E-state index < -0.39 is 48.0 Å². The predicted molar refractivity (Wildman–Crippen MR) is 51.6 cm³/mol. The third-order valence-electron chi connectivity index (χ3n) is 1.90. The Balaban J connectivity index is 3.28. The first-order valence-electron chi connectivity index (χ1n) is 4.65. The summed E-state index contributed by atoms with van der Waals surface area (Å²) < 4.78 is 64.6. The van der Waals surface area contributed by atoms with Gasteiger partial charge in [-0.25, -0.2) is 13.8 Å². The quantitative estimate of drug-likeness (QED) is 0.828. The van der Waals surface area contributed by atoms with Gasteiger partial charge >= 0.3 is 12.3 Å². The summed E-state index contributed by atoms with van der Waals surface area (Å²) in [6.45, 7) is 0. The van der Waals surface area contributed by atoms with Gasteiger partial charge in [-0.15, -0.1) is 13.2 Å². The van der Waals surface area contributed by atoms with Gasteiger partial charge in [0.1, 0.15) is 5.82 Å². The molecule has 1 heterocycles. The van der Waals surface area contributed by atoms with Crippen LogP contribution in [0.4, 0.5) is 27.8 Å². The lowest BCUT2D eigenvalue weighted by Crippen LogP contribution is -2.20. The van der Waals surface area contributed by atoms with Crippen molar-refractivity contribution in [3.8, 4) is 5.75 Å². The number of rotatable bonds is 4. The summed E-state index contributed by atoms with van der Waals surface area (Å²) in [5.74, 6) is -3.37. The number of hydrogen-bond acceptors (Lipinski definition) is 4. The fraction of sp³-hybridized carbons (Fsp3) is 0.333. The van der Waals surface area contributed by atoms with Crippen molar-refractivity contribution in [1.82, 2.24) is 4.98 Å². The zero-order valence-corrected chi connectivity index (χ0v) is 9.04. The Labute approximate surface area is 102 Å². The molecule has 0 bridgehead atoms. The van der Waals surface area contributed by atoms with Crippen LogP contribution in [0.1, 0.15) is 17.7 Å². The van der Waals surface area contributed by atoms with Gasteiger partial charge in [-0.2, -0.15) is 0 Å². The van der Waals surface area contributed by atoms with E-state index in [0.717, 1.165) is 0 Å². The van der Waals surface area contributed by atoms with Gasteiger partial charge in [0.15, 0.2) is 5.75 Å². The van der Waals surface area contributed by atoms with E-state index in [1.807, 2.05) is 0 Å². The fourth-order valence-corrected chi connectivity index (χ4v) is 1.22. The van der Waals surface area contributed by atoms with Gasteiger partial charge in [-0.3, -0.25) is 4.79 Å². The maximum Gasteiger partial charge on any atom is 0.573 e. The molecule has 10 heteroatoms. The van der Waals surface area contributed by atoms with Crippen LogP contribution in [-0.2, 0) is 11.2 Å². The Kier molecular flexibility index (Phi) is 4.12. The lowest BCUT2D eigenvalue weighted by atomic mass is 10.2. The average molecular weight is 286 g/mol. The molecule has 19 heavy (non-hydrogen) atoms. The molecule has 1 rings (SSSR count). The van der Waals surface area contributed by atoms with Crippen molar-refractivity contribution in [3.05, 3.63) is 17.3 Å².